The molecule has 0 bridgehead atoms. The zero-order valence-electron chi connectivity index (χ0n) is 10.6. The molecule has 2 aromatic rings. The van der Waals surface area contributed by atoms with E-state index >= 15 is 0 Å². The number of nitrogens with zero attached hydrogens (tertiary/aromatic N) is 1. The first kappa shape index (κ1) is 14.8. The molecule has 0 atom stereocenters. The van der Waals surface area contributed by atoms with Crippen molar-refractivity contribution < 1.29 is 27.4 Å². The van der Waals surface area contributed by atoms with Crippen LogP contribution in [0.5, 0.6) is 11.5 Å². The lowest BCUT2D eigenvalue weighted by Crippen LogP contribution is -2.17. The van der Waals surface area contributed by atoms with Crippen molar-refractivity contribution in [2.75, 3.05) is 0 Å². The Morgan fingerprint density at radius 3 is 2.24 bits per heavy atom. The highest BCUT2D eigenvalue weighted by molar-refractivity contribution is 5.71. The van der Waals surface area contributed by atoms with Gasteiger partial charge in [0.2, 0.25) is 0 Å². The molecule has 4 nitrogen and oxygen atoms in total. The summed E-state index contributed by atoms with van der Waals surface area (Å²) in [6.07, 6.45) is -2.70. The lowest BCUT2D eigenvalue weighted by Gasteiger charge is -2.10. The van der Waals surface area contributed by atoms with Gasteiger partial charge in [-0.3, -0.25) is 4.79 Å². The van der Waals surface area contributed by atoms with Crippen LogP contribution in [0, 0.1) is 0 Å². The van der Waals surface area contributed by atoms with E-state index in [4.69, 9.17) is 4.74 Å². The molecule has 0 aliphatic carbocycles. The fraction of sp³-hybridized carbons (Fsp3) is 0.143. The normalized spacial score (nSPS) is 11.0. The second-order valence-corrected chi connectivity index (χ2v) is 4.02. The molecule has 0 N–H and O–H groups in total. The fourth-order valence-corrected chi connectivity index (χ4v) is 1.50. The molecule has 0 fully saturated rings. The number of benzene rings is 1. The molecule has 21 heavy (non-hydrogen) atoms. The van der Waals surface area contributed by atoms with Crippen LogP contribution in [-0.2, 0) is 6.61 Å². The number of alkyl halides is 3. The van der Waals surface area contributed by atoms with Gasteiger partial charge in [0.05, 0.1) is 6.20 Å². The minimum Gasteiger partial charge on any atom is -0.487 e. The topological polar surface area (TPSA) is 48.4 Å². The van der Waals surface area contributed by atoms with Crippen molar-refractivity contribution in [2.45, 2.75) is 13.0 Å². The van der Waals surface area contributed by atoms with E-state index in [2.05, 4.69) is 9.72 Å². The van der Waals surface area contributed by atoms with Crippen molar-refractivity contribution >= 4 is 6.29 Å². The second kappa shape index (κ2) is 6.25. The summed E-state index contributed by atoms with van der Waals surface area (Å²) in [5.41, 5.74) is 0.958. The van der Waals surface area contributed by atoms with E-state index in [9.17, 15) is 18.0 Å². The Morgan fingerprint density at radius 2 is 1.71 bits per heavy atom. The summed E-state index contributed by atoms with van der Waals surface area (Å²) >= 11 is 0. The molecule has 7 heteroatoms. The van der Waals surface area contributed by atoms with Crippen LogP contribution < -0.4 is 9.47 Å². The molecule has 1 heterocycles. The number of ether oxygens (including phenoxy) is 2. The average Bonchev–Trinajstić information content (AvgIpc) is 2.45. The third kappa shape index (κ3) is 4.79. The summed E-state index contributed by atoms with van der Waals surface area (Å²) in [7, 11) is 0. The molecule has 0 unspecified atom stereocenters. The van der Waals surface area contributed by atoms with Gasteiger partial charge in [-0.1, -0.05) is 12.1 Å². The summed E-state index contributed by atoms with van der Waals surface area (Å²) in [5.74, 6) is 0.166. The Labute approximate surface area is 118 Å². The molecule has 0 saturated heterocycles. The molecular weight excluding hydrogens is 287 g/mol. The molecule has 0 saturated carbocycles. The van der Waals surface area contributed by atoms with Gasteiger partial charge in [0.25, 0.3) is 0 Å². The third-order valence-electron chi connectivity index (χ3n) is 2.44. The Hall–Kier alpha value is -2.57. The van der Waals surface area contributed by atoms with Gasteiger partial charge in [0.1, 0.15) is 23.8 Å². The summed E-state index contributed by atoms with van der Waals surface area (Å²) in [5, 5.41) is 0. The minimum atomic E-state index is -4.70. The van der Waals surface area contributed by atoms with Crippen molar-refractivity contribution in [1.82, 2.24) is 4.98 Å². The fourth-order valence-electron chi connectivity index (χ4n) is 1.50. The van der Waals surface area contributed by atoms with Crippen molar-refractivity contribution in [1.29, 1.82) is 0 Å². The van der Waals surface area contributed by atoms with Gasteiger partial charge in [-0.05, 0) is 29.8 Å². The maximum atomic E-state index is 12.0. The van der Waals surface area contributed by atoms with Crippen LogP contribution >= 0.6 is 0 Å². The molecule has 0 spiro atoms. The Balaban J connectivity index is 1.92. The smallest absolute Gasteiger partial charge is 0.487 e. The molecule has 0 amide bonds. The number of rotatable bonds is 5. The van der Waals surface area contributed by atoms with Gasteiger partial charge in [0.15, 0.2) is 6.29 Å². The largest absolute Gasteiger partial charge is 0.573 e. The predicted octanol–water partition coefficient (Wildman–Crippen LogP) is 3.37. The predicted molar refractivity (Wildman–Crippen MR) is 67.1 cm³/mol. The molecule has 0 aliphatic rings. The molecule has 110 valence electrons. The van der Waals surface area contributed by atoms with Crippen LogP contribution in [0.15, 0.2) is 42.6 Å². The molecule has 0 aliphatic heterocycles. The number of aromatic nitrogens is 1. The van der Waals surface area contributed by atoms with Crippen LogP contribution in [0.25, 0.3) is 0 Å². The summed E-state index contributed by atoms with van der Waals surface area (Å²) in [4.78, 5) is 14.3. The number of hydrogen-bond acceptors (Lipinski definition) is 4. The zero-order chi connectivity index (χ0) is 15.3. The number of carbonyl (C=O) groups is 1. The highest BCUT2D eigenvalue weighted by Gasteiger charge is 2.30. The van der Waals surface area contributed by atoms with Gasteiger partial charge >= 0.3 is 6.36 Å². The van der Waals surface area contributed by atoms with Crippen molar-refractivity contribution in [2.24, 2.45) is 0 Å². The summed E-state index contributed by atoms with van der Waals surface area (Å²) < 4.78 is 45.1. The highest BCUT2D eigenvalue weighted by Crippen LogP contribution is 2.23. The van der Waals surface area contributed by atoms with E-state index in [1.165, 1.54) is 36.5 Å². The van der Waals surface area contributed by atoms with E-state index in [0.717, 1.165) is 0 Å². The molecule has 2 rings (SSSR count). The van der Waals surface area contributed by atoms with Crippen molar-refractivity contribution in [3.05, 3.63) is 53.9 Å². The van der Waals surface area contributed by atoms with Crippen LogP contribution in [-0.4, -0.2) is 17.6 Å². The van der Waals surface area contributed by atoms with E-state index in [1.807, 2.05) is 0 Å². The SMILES string of the molecule is O=Cc1ccc(OCc2ccc(OC(F)(F)F)cc2)cn1. The number of pyridine rings is 1. The lowest BCUT2D eigenvalue weighted by molar-refractivity contribution is -0.274. The Bertz CT molecular complexity index is 594. The van der Waals surface area contributed by atoms with Gasteiger partial charge in [-0.2, -0.15) is 0 Å². The Morgan fingerprint density at radius 1 is 1.05 bits per heavy atom. The van der Waals surface area contributed by atoms with Crippen LogP contribution in [0.3, 0.4) is 0 Å². The number of aldehydes is 1. The third-order valence-corrected chi connectivity index (χ3v) is 2.44. The molecular formula is C14H10F3NO3. The number of hydrogen-bond donors (Lipinski definition) is 0. The monoisotopic (exact) mass is 297 g/mol. The highest BCUT2D eigenvalue weighted by atomic mass is 19.4. The van der Waals surface area contributed by atoms with E-state index in [0.29, 0.717) is 17.6 Å². The second-order valence-electron chi connectivity index (χ2n) is 4.02. The maximum Gasteiger partial charge on any atom is 0.573 e. The van der Waals surface area contributed by atoms with E-state index in [-0.39, 0.29) is 18.1 Å². The van der Waals surface area contributed by atoms with E-state index in [1.54, 1.807) is 6.07 Å². The molecule has 1 aromatic heterocycles. The van der Waals surface area contributed by atoms with Gasteiger partial charge < -0.3 is 9.47 Å². The van der Waals surface area contributed by atoms with Crippen LogP contribution in [0.2, 0.25) is 0 Å². The van der Waals surface area contributed by atoms with Crippen LogP contribution in [0.1, 0.15) is 16.1 Å². The van der Waals surface area contributed by atoms with Crippen molar-refractivity contribution in [3.8, 4) is 11.5 Å². The zero-order valence-corrected chi connectivity index (χ0v) is 10.6. The quantitative estimate of drug-likeness (QED) is 0.794. The maximum absolute atomic E-state index is 12.0. The van der Waals surface area contributed by atoms with Crippen molar-refractivity contribution in [3.63, 3.8) is 0 Å². The Kier molecular flexibility index (Phi) is 4.42. The number of carbonyl (C=O) groups excluding carboxylic acids is 1. The first-order chi connectivity index (χ1) is 9.96. The summed E-state index contributed by atoms with van der Waals surface area (Å²) in [6, 6.07) is 8.43. The lowest BCUT2D eigenvalue weighted by atomic mass is 10.2. The van der Waals surface area contributed by atoms with E-state index < -0.39 is 6.36 Å². The molecule has 0 radical (unpaired) electrons. The summed E-state index contributed by atoms with van der Waals surface area (Å²) in [6.45, 7) is 0.161. The number of halogens is 3. The first-order valence-electron chi connectivity index (χ1n) is 5.85. The van der Waals surface area contributed by atoms with Gasteiger partial charge in [-0.15, -0.1) is 13.2 Å². The van der Waals surface area contributed by atoms with Gasteiger partial charge in [-0.25, -0.2) is 4.98 Å². The van der Waals surface area contributed by atoms with Gasteiger partial charge in [0, 0.05) is 0 Å². The first-order valence-corrected chi connectivity index (χ1v) is 5.85. The standard InChI is InChI=1S/C14H10F3NO3/c15-14(16,17)21-12-4-1-10(2-5-12)9-20-13-6-3-11(8-19)18-7-13/h1-8H,9H2. The molecule has 1 aromatic carbocycles. The minimum absolute atomic E-state index is 0.161. The average molecular weight is 297 g/mol. The van der Waals surface area contributed by atoms with Crippen LogP contribution in [0.4, 0.5) is 13.2 Å².